The average molecular weight is 311 g/mol. The van der Waals surface area contributed by atoms with E-state index in [0.717, 1.165) is 18.4 Å². The van der Waals surface area contributed by atoms with Crippen LogP contribution in [0.25, 0.3) is 12.3 Å². The fourth-order valence-electron chi connectivity index (χ4n) is 3.11. The topological polar surface area (TPSA) is 81.1 Å². The molecule has 0 saturated heterocycles. The third-order valence-electron chi connectivity index (χ3n) is 4.54. The van der Waals surface area contributed by atoms with Crippen LogP contribution in [0.15, 0.2) is 42.9 Å². The van der Waals surface area contributed by atoms with Crippen molar-refractivity contribution < 1.29 is 9.90 Å². The van der Waals surface area contributed by atoms with Gasteiger partial charge in [0.05, 0.1) is 12.0 Å². The maximum Gasteiger partial charge on any atom is 0.316 e. The van der Waals surface area contributed by atoms with Gasteiger partial charge < -0.3 is 15.4 Å². The molecule has 3 N–H and O–H groups in total. The van der Waals surface area contributed by atoms with Crippen LogP contribution in [0.5, 0.6) is 0 Å². The van der Waals surface area contributed by atoms with Gasteiger partial charge in [-0.2, -0.15) is 0 Å². The number of carbonyl (C=O) groups is 1. The van der Waals surface area contributed by atoms with Gasteiger partial charge in [0, 0.05) is 12.4 Å². The molecule has 1 aromatic carbocycles. The Morgan fingerprint density at radius 3 is 2.91 bits per heavy atom. The number of carboxylic acid groups (broad SMARTS) is 1. The Bertz CT molecular complexity index is 708. The summed E-state index contributed by atoms with van der Waals surface area (Å²) in [5.74, 6) is -0.637. The van der Waals surface area contributed by atoms with E-state index in [9.17, 15) is 9.90 Å². The van der Waals surface area contributed by atoms with Gasteiger partial charge in [-0.25, -0.2) is 4.98 Å². The first-order valence-electron chi connectivity index (χ1n) is 7.87. The molecule has 5 heteroatoms. The summed E-state index contributed by atoms with van der Waals surface area (Å²) in [6, 6.07) is 9.95. The lowest BCUT2D eigenvalue weighted by Gasteiger charge is -2.09. The van der Waals surface area contributed by atoms with Gasteiger partial charge in [0.1, 0.15) is 5.41 Å². The van der Waals surface area contributed by atoms with Crippen molar-refractivity contribution in [1.29, 1.82) is 0 Å². The van der Waals surface area contributed by atoms with E-state index in [1.54, 1.807) is 6.33 Å². The highest BCUT2D eigenvalue weighted by Gasteiger charge is 2.62. The third kappa shape index (κ3) is 3.05. The molecule has 1 heterocycles. The smallest absolute Gasteiger partial charge is 0.316 e. The van der Waals surface area contributed by atoms with E-state index in [4.69, 9.17) is 5.73 Å². The first kappa shape index (κ1) is 15.5. The van der Waals surface area contributed by atoms with E-state index in [1.165, 1.54) is 0 Å². The normalized spacial score (nSPS) is 23.3. The van der Waals surface area contributed by atoms with Crippen LogP contribution in [0.3, 0.4) is 0 Å². The van der Waals surface area contributed by atoms with Crippen molar-refractivity contribution in [2.24, 2.45) is 11.7 Å². The number of benzene rings is 1. The molecule has 2 aromatic rings. The van der Waals surface area contributed by atoms with Crippen molar-refractivity contribution in [3.8, 4) is 0 Å². The number of aromatic nitrogens is 2. The van der Waals surface area contributed by atoms with Gasteiger partial charge in [0.2, 0.25) is 0 Å². The van der Waals surface area contributed by atoms with Crippen LogP contribution in [0, 0.1) is 5.92 Å². The van der Waals surface area contributed by atoms with Gasteiger partial charge in [-0.3, -0.25) is 4.79 Å². The van der Waals surface area contributed by atoms with Gasteiger partial charge in [0.25, 0.3) is 0 Å². The number of nitrogens with zero attached hydrogens (tertiary/aromatic N) is 2. The Balaban J connectivity index is 1.76. The molecular weight excluding hydrogens is 290 g/mol. The molecule has 1 saturated carbocycles. The van der Waals surface area contributed by atoms with Crippen LogP contribution in [-0.2, 0) is 10.2 Å². The lowest BCUT2D eigenvalue weighted by molar-refractivity contribution is -0.140. The predicted molar refractivity (Wildman–Crippen MR) is 89.6 cm³/mol. The monoisotopic (exact) mass is 311 g/mol. The third-order valence-corrected chi connectivity index (χ3v) is 4.54. The van der Waals surface area contributed by atoms with Crippen LogP contribution in [0.1, 0.15) is 30.5 Å². The summed E-state index contributed by atoms with van der Waals surface area (Å²) in [4.78, 5) is 16.1. The summed E-state index contributed by atoms with van der Waals surface area (Å²) in [6.45, 7) is 0.598. The van der Waals surface area contributed by atoms with E-state index in [-0.39, 0.29) is 5.92 Å². The van der Waals surface area contributed by atoms with E-state index in [1.807, 2.05) is 53.4 Å². The maximum absolute atomic E-state index is 11.7. The molecule has 3 rings (SSSR count). The van der Waals surface area contributed by atoms with Crippen molar-refractivity contribution in [3.63, 3.8) is 0 Å². The summed E-state index contributed by atoms with van der Waals surface area (Å²) in [7, 11) is 0. The SMILES string of the molecule is NCCC[C@H]1C[C@]1(C(=O)O)c1cn(C=Cc2ccccc2)cn1. The second-order valence-corrected chi connectivity index (χ2v) is 6.04. The molecule has 120 valence electrons. The summed E-state index contributed by atoms with van der Waals surface area (Å²) >= 11 is 0. The Morgan fingerprint density at radius 1 is 1.43 bits per heavy atom. The zero-order valence-electron chi connectivity index (χ0n) is 12.9. The molecular formula is C18H21N3O2. The zero-order chi connectivity index (χ0) is 16.3. The number of hydrogen-bond donors (Lipinski definition) is 2. The van der Waals surface area contributed by atoms with E-state index in [2.05, 4.69) is 4.98 Å². The number of hydrogen-bond acceptors (Lipinski definition) is 3. The first-order chi connectivity index (χ1) is 11.2. The van der Waals surface area contributed by atoms with E-state index >= 15 is 0 Å². The van der Waals surface area contributed by atoms with E-state index in [0.29, 0.717) is 18.7 Å². The maximum atomic E-state index is 11.7. The summed E-state index contributed by atoms with van der Waals surface area (Å²) < 4.78 is 1.81. The number of imidazole rings is 1. The van der Waals surface area contributed by atoms with Crippen LogP contribution in [0.4, 0.5) is 0 Å². The van der Waals surface area contributed by atoms with Gasteiger partial charge in [-0.05, 0) is 43.4 Å². The summed E-state index contributed by atoms with van der Waals surface area (Å²) in [6.07, 6.45) is 9.69. The number of carboxylic acids is 1. The van der Waals surface area contributed by atoms with Crippen LogP contribution >= 0.6 is 0 Å². The number of aliphatic carboxylic acids is 1. The minimum absolute atomic E-state index is 0.144. The van der Waals surface area contributed by atoms with Gasteiger partial charge in [-0.1, -0.05) is 30.3 Å². The van der Waals surface area contributed by atoms with Crippen LogP contribution in [-0.4, -0.2) is 27.2 Å². The predicted octanol–water partition coefficient (Wildman–Crippen LogP) is 2.59. The zero-order valence-corrected chi connectivity index (χ0v) is 12.9. The van der Waals surface area contributed by atoms with Crippen molar-refractivity contribution in [3.05, 3.63) is 54.1 Å². The molecule has 0 amide bonds. The molecule has 1 fully saturated rings. The number of nitrogens with two attached hydrogens (primary N) is 1. The highest BCUT2D eigenvalue weighted by Crippen LogP contribution is 2.56. The largest absolute Gasteiger partial charge is 0.481 e. The Kier molecular flexibility index (Phi) is 4.30. The van der Waals surface area contributed by atoms with Crippen LogP contribution < -0.4 is 5.73 Å². The van der Waals surface area contributed by atoms with Crippen molar-refractivity contribution in [2.45, 2.75) is 24.7 Å². The Hall–Kier alpha value is -2.40. The molecule has 0 aliphatic heterocycles. The fourth-order valence-corrected chi connectivity index (χ4v) is 3.11. The minimum atomic E-state index is -0.818. The number of rotatable bonds is 7. The van der Waals surface area contributed by atoms with E-state index < -0.39 is 11.4 Å². The Labute approximate surface area is 135 Å². The van der Waals surface area contributed by atoms with Crippen molar-refractivity contribution in [1.82, 2.24) is 9.55 Å². The average Bonchev–Trinajstić information content (AvgIpc) is 3.12. The fraction of sp³-hybridized carbons (Fsp3) is 0.333. The molecule has 1 aromatic heterocycles. The van der Waals surface area contributed by atoms with Crippen LogP contribution in [0.2, 0.25) is 0 Å². The van der Waals surface area contributed by atoms with Crippen molar-refractivity contribution in [2.75, 3.05) is 6.54 Å². The molecule has 0 unspecified atom stereocenters. The molecule has 0 bridgehead atoms. The standard InChI is InChI=1S/C18H21N3O2/c19-9-4-7-15-11-18(15,17(22)23)16-12-21(13-20-16)10-8-14-5-2-1-3-6-14/h1-3,5-6,8,10,12-13,15H,4,7,9,11,19H2,(H,22,23)/t15-,18+/m0/s1. The minimum Gasteiger partial charge on any atom is -0.481 e. The molecule has 1 aliphatic rings. The van der Waals surface area contributed by atoms with Crippen molar-refractivity contribution >= 4 is 18.2 Å². The molecule has 0 radical (unpaired) electrons. The molecule has 2 atom stereocenters. The summed E-state index contributed by atoms with van der Waals surface area (Å²) in [5.41, 5.74) is 6.44. The Morgan fingerprint density at radius 2 is 2.22 bits per heavy atom. The molecule has 5 nitrogen and oxygen atoms in total. The summed E-state index contributed by atoms with van der Waals surface area (Å²) in [5, 5.41) is 9.65. The second-order valence-electron chi connectivity index (χ2n) is 6.04. The quantitative estimate of drug-likeness (QED) is 0.823. The van der Waals surface area contributed by atoms with Gasteiger partial charge >= 0.3 is 5.97 Å². The lowest BCUT2D eigenvalue weighted by Crippen LogP contribution is -2.23. The molecule has 0 spiro atoms. The van der Waals surface area contributed by atoms with Gasteiger partial charge in [-0.15, -0.1) is 0 Å². The first-order valence-corrected chi connectivity index (χ1v) is 7.87. The highest BCUT2D eigenvalue weighted by atomic mass is 16.4. The highest BCUT2D eigenvalue weighted by molar-refractivity contribution is 5.85. The second kappa shape index (κ2) is 6.38. The molecule has 23 heavy (non-hydrogen) atoms. The molecule has 1 aliphatic carbocycles. The lowest BCUT2D eigenvalue weighted by atomic mass is 9.98. The van der Waals surface area contributed by atoms with Gasteiger partial charge in [0.15, 0.2) is 0 Å².